The summed E-state index contributed by atoms with van der Waals surface area (Å²) >= 11 is 0. The van der Waals surface area contributed by atoms with Gasteiger partial charge in [-0.3, -0.25) is 19.9 Å². The van der Waals surface area contributed by atoms with Crippen molar-refractivity contribution in [3.63, 3.8) is 0 Å². The van der Waals surface area contributed by atoms with Crippen molar-refractivity contribution in [2.45, 2.75) is 57.8 Å². The number of hydrogen-bond donors (Lipinski definition) is 8. The summed E-state index contributed by atoms with van der Waals surface area (Å²) in [6.45, 7) is 10.2. The Hall–Kier alpha value is -4.05. The van der Waals surface area contributed by atoms with Crippen LogP contribution < -0.4 is 43.8 Å². The van der Waals surface area contributed by atoms with E-state index in [1.807, 2.05) is 0 Å². The van der Waals surface area contributed by atoms with E-state index >= 15 is 0 Å². The number of benzene rings is 2. The summed E-state index contributed by atoms with van der Waals surface area (Å²) in [5.74, 6) is -1.77. The highest BCUT2D eigenvalue weighted by atomic mass is 19.1. The van der Waals surface area contributed by atoms with Gasteiger partial charge in [0.15, 0.2) is 0 Å². The minimum atomic E-state index is -0.576. The second kappa shape index (κ2) is 24.1. The lowest BCUT2D eigenvalue weighted by atomic mass is 10.0. The Kier molecular flexibility index (Phi) is 20.3. The van der Waals surface area contributed by atoms with Gasteiger partial charge in [0.05, 0.1) is 6.61 Å². The van der Waals surface area contributed by atoms with E-state index in [-0.39, 0.29) is 24.9 Å². The SMILES string of the molecule is C=N/C(=C\C(=C)COCNc1cc(F)cc(NC(=O)CCCCNCNCN)c1CCCCN)C(=O)Nc1cc(F)ccc1CCCCN. The van der Waals surface area contributed by atoms with Crippen molar-refractivity contribution in [2.75, 3.05) is 62.3 Å². The third kappa shape index (κ3) is 16.3. The molecule has 2 rings (SSSR count). The number of anilines is 3. The summed E-state index contributed by atoms with van der Waals surface area (Å²) in [4.78, 5) is 29.5. The van der Waals surface area contributed by atoms with E-state index in [1.165, 1.54) is 30.3 Å². The van der Waals surface area contributed by atoms with E-state index in [9.17, 15) is 18.4 Å². The fourth-order valence-electron chi connectivity index (χ4n) is 4.88. The monoisotopic (exact) mass is 685 g/mol. The van der Waals surface area contributed by atoms with E-state index in [1.54, 1.807) is 6.07 Å². The number of unbranched alkanes of at least 4 members (excludes halogenated alkanes) is 3. The number of hydrogen-bond acceptors (Lipinski definition) is 10. The van der Waals surface area contributed by atoms with E-state index in [4.69, 9.17) is 21.9 Å². The van der Waals surface area contributed by atoms with Crippen molar-refractivity contribution in [3.05, 3.63) is 77.0 Å². The van der Waals surface area contributed by atoms with Crippen LogP contribution in [0.3, 0.4) is 0 Å². The van der Waals surface area contributed by atoms with E-state index in [0.29, 0.717) is 74.7 Å². The zero-order valence-electron chi connectivity index (χ0n) is 28.4. The second-order valence-electron chi connectivity index (χ2n) is 11.4. The molecule has 0 saturated heterocycles. The molecule has 2 amide bonds. The maximum Gasteiger partial charge on any atom is 0.274 e. The van der Waals surface area contributed by atoms with Gasteiger partial charge in [-0.05, 0) is 125 Å². The highest BCUT2D eigenvalue weighted by Gasteiger charge is 2.15. The molecule has 0 unspecified atom stereocenters. The van der Waals surface area contributed by atoms with Crippen LogP contribution in [0.5, 0.6) is 0 Å². The predicted molar refractivity (Wildman–Crippen MR) is 194 cm³/mol. The Labute approximate surface area is 288 Å². The van der Waals surface area contributed by atoms with E-state index in [0.717, 1.165) is 49.8 Å². The Morgan fingerprint density at radius 2 is 1.57 bits per heavy atom. The molecule has 2 aromatic rings. The summed E-state index contributed by atoms with van der Waals surface area (Å²) < 4.78 is 34.4. The normalized spacial score (nSPS) is 11.3. The Balaban J connectivity index is 2.00. The highest BCUT2D eigenvalue weighted by molar-refractivity contribution is 6.04. The van der Waals surface area contributed by atoms with Crippen LogP contribution in [0.2, 0.25) is 0 Å². The summed E-state index contributed by atoms with van der Waals surface area (Å²) in [5, 5.41) is 14.8. The van der Waals surface area contributed by atoms with E-state index < -0.39 is 17.5 Å². The molecule has 0 spiro atoms. The molecule has 0 aliphatic heterocycles. The van der Waals surface area contributed by atoms with Gasteiger partial charge in [-0.1, -0.05) is 12.6 Å². The molecule has 0 radical (unpaired) electrons. The molecule has 270 valence electrons. The van der Waals surface area contributed by atoms with Gasteiger partial charge in [0, 0.05) is 36.8 Å². The quantitative estimate of drug-likeness (QED) is 0.0239. The topological polar surface area (TPSA) is 194 Å². The molecule has 14 heteroatoms. The molecule has 0 heterocycles. The molecule has 12 nitrogen and oxygen atoms in total. The average Bonchev–Trinajstić information content (AvgIpc) is 3.07. The summed E-state index contributed by atoms with van der Waals surface area (Å²) in [7, 11) is 0. The maximum absolute atomic E-state index is 14.7. The number of nitrogens with two attached hydrogens (primary N) is 3. The van der Waals surface area contributed by atoms with Gasteiger partial charge in [-0.2, -0.15) is 0 Å². The van der Waals surface area contributed by atoms with Crippen molar-refractivity contribution in [3.8, 4) is 0 Å². The van der Waals surface area contributed by atoms with Crippen molar-refractivity contribution >= 4 is 35.6 Å². The molecular weight excluding hydrogens is 632 g/mol. The lowest BCUT2D eigenvalue weighted by molar-refractivity contribution is -0.116. The average molecular weight is 686 g/mol. The minimum absolute atomic E-state index is 0.0158. The van der Waals surface area contributed by atoms with Gasteiger partial charge in [-0.15, -0.1) is 0 Å². The number of carbonyl (C=O) groups is 2. The second-order valence-corrected chi connectivity index (χ2v) is 11.4. The van der Waals surface area contributed by atoms with Gasteiger partial charge in [-0.25, -0.2) is 8.78 Å². The number of aryl methyl sites for hydroxylation is 1. The molecule has 0 fully saturated rings. The van der Waals surface area contributed by atoms with Crippen LogP contribution in [-0.2, 0) is 27.2 Å². The van der Waals surface area contributed by atoms with Crippen LogP contribution in [0.1, 0.15) is 56.1 Å². The van der Waals surface area contributed by atoms with Crippen LogP contribution >= 0.6 is 0 Å². The fraction of sp³-hybridized carbons (Fsp3) is 0.457. The largest absolute Gasteiger partial charge is 0.362 e. The molecule has 0 bridgehead atoms. The number of carbonyl (C=O) groups excluding carboxylic acids is 2. The molecule has 2 aromatic carbocycles. The first-order chi connectivity index (χ1) is 23.7. The molecular formula is C35H53F2N9O3. The highest BCUT2D eigenvalue weighted by Crippen LogP contribution is 2.29. The summed E-state index contributed by atoms with van der Waals surface area (Å²) in [6.07, 6.45) is 7.49. The summed E-state index contributed by atoms with van der Waals surface area (Å²) in [6, 6.07) is 6.91. The molecule has 0 aliphatic carbocycles. The van der Waals surface area contributed by atoms with E-state index in [2.05, 4.69) is 44.9 Å². The smallest absolute Gasteiger partial charge is 0.274 e. The zero-order chi connectivity index (χ0) is 35.9. The number of ether oxygens (including phenoxy) is 1. The molecule has 0 saturated carbocycles. The lowest BCUT2D eigenvalue weighted by Gasteiger charge is -2.18. The molecule has 11 N–H and O–H groups in total. The van der Waals surface area contributed by atoms with Gasteiger partial charge >= 0.3 is 0 Å². The lowest BCUT2D eigenvalue weighted by Crippen LogP contribution is -2.33. The molecule has 0 aliphatic rings. The van der Waals surface area contributed by atoms with Gasteiger partial charge < -0.3 is 43.2 Å². The number of halogens is 2. The van der Waals surface area contributed by atoms with Crippen LogP contribution in [0.25, 0.3) is 0 Å². The summed E-state index contributed by atoms with van der Waals surface area (Å²) in [5.41, 5.74) is 19.8. The fourth-order valence-corrected chi connectivity index (χ4v) is 4.88. The van der Waals surface area contributed by atoms with Crippen molar-refractivity contribution in [1.82, 2.24) is 10.6 Å². The number of amides is 2. The molecule has 0 aromatic heterocycles. The van der Waals surface area contributed by atoms with Crippen molar-refractivity contribution < 1.29 is 23.1 Å². The maximum atomic E-state index is 14.7. The number of nitrogens with one attached hydrogen (secondary N) is 5. The van der Waals surface area contributed by atoms with Gasteiger partial charge in [0.25, 0.3) is 5.91 Å². The van der Waals surface area contributed by atoms with Crippen molar-refractivity contribution in [2.24, 2.45) is 22.2 Å². The van der Waals surface area contributed by atoms with Crippen LogP contribution in [-0.4, -0.2) is 64.8 Å². The first-order valence-electron chi connectivity index (χ1n) is 16.6. The first-order valence-corrected chi connectivity index (χ1v) is 16.6. The van der Waals surface area contributed by atoms with Gasteiger partial charge in [0.1, 0.15) is 24.1 Å². The van der Waals surface area contributed by atoms with Crippen molar-refractivity contribution in [1.29, 1.82) is 0 Å². The third-order valence-electron chi connectivity index (χ3n) is 7.39. The minimum Gasteiger partial charge on any atom is -0.362 e. The van der Waals surface area contributed by atoms with Crippen LogP contribution in [0.15, 0.2) is 59.2 Å². The third-order valence-corrected chi connectivity index (χ3v) is 7.39. The van der Waals surface area contributed by atoms with Crippen LogP contribution in [0, 0.1) is 11.6 Å². The number of aliphatic imine (C=N–C) groups is 1. The standard InChI is InChI=1S/C35H53F2N9O3/c1-25(17-33(41-2)35(48)46-30-18-27(36)13-12-26(30)9-3-6-14-38)21-49-24-44-31-19-28(37)20-32(29(31)10-4-7-15-39)45-34(47)11-5-8-16-42-23-43-22-40/h12-13,17-20,42-44H,1-11,14-16,21-24,38-40H2,(H,45,47)(H,46,48)/b33-17-. The van der Waals surface area contributed by atoms with Crippen LogP contribution in [0.4, 0.5) is 25.8 Å². The Bertz CT molecular complexity index is 1390. The number of nitrogens with zero attached hydrogens (tertiary/aromatic N) is 1. The number of rotatable bonds is 26. The molecule has 49 heavy (non-hydrogen) atoms. The Morgan fingerprint density at radius 1 is 0.857 bits per heavy atom. The molecule has 0 atom stereocenters. The van der Waals surface area contributed by atoms with Gasteiger partial charge in [0.2, 0.25) is 5.91 Å². The predicted octanol–water partition coefficient (Wildman–Crippen LogP) is 3.85. The Morgan fingerprint density at radius 3 is 2.29 bits per heavy atom. The zero-order valence-corrected chi connectivity index (χ0v) is 28.4. The first kappa shape index (κ1) is 41.1.